The van der Waals surface area contributed by atoms with Gasteiger partial charge in [0, 0.05) is 25.0 Å². The van der Waals surface area contributed by atoms with Crippen molar-refractivity contribution in [2.45, 2.75) is 46.2 Å². The first-order valence-corrected chi connectivity index (χ1v) is 6.84. The third-order valence-electron chi connectivity index (χ3n) is 2.29. The molecule has 0 fully saturated rings. The Bertz CT molecular complexity index is 165. The van der Waals surface area contributed by atoms with Gasteiger partial charge < -0.3 is 0 Å². The molecule has 0 N–H and O–H groups in total. The second-order valence-electron chi connectivity index (χ2n) is 4.08. The Morgan fingerprint density at radius 3 is 2.14 bits per heavy atom. The molecule has 0 bridgehead atoms. The summed E-state index contributed by atoms with van der Waals surface area (Å²) in [5.41, 5.74) is 0. The van der Waals surface area contributed by atoms with Gasteiger partial charge in [0.25, 0.3) is 0 Å². The largest absolute Gasteiger partial charge is 0.298 e. The van der Waals surface area contributed by atoms with E-state index in [1.54, 1.807) is 0 Å². The van der Waals surface area contributed by atoms with E-state index in [0.29, 0.717) is 12.1 Å². The smallest absolute Gasteiger partial charge is 0.0625 e. The summed E-state index contributed by atoms with van der Waals surface area (Å²) >= 11 is 0. The van der Waals surface area contributed by atoms with E-state index in [0.717, 1.165) is 21.2 Å². The monoisotopic (exact) mass is 214 g/mol. The predicted molar refractivity (Wildman–Crippen MR) is 65.3 cm³/mol. The summed E-state index contributed by atoms with van der Waals surface area (Å²) in [5.74, 6) is 0. The van der Waals surface area contributed by atoms with Crippen LogP contribution in [0.1, 0.15) is 34.1 Å². The lowest BCUT2D eigenvalue weighted by molar-refractivity contribution is 0.187. The molecule has 0 aliphatic rings. The van der Waals surface area contributed by atoms with Crippen LogP contribution in [-0.2, 0) is 0 Å². The molecule has 0 aliphatic carbocycles. The van der Waals surface area contributed by atoms with Gasteiger partial charge in [-0.15, -0.1) is 8.58 Å². The van der Waals surface area contributed by atoms with E-state index in [9.17, 15) is 0 Å². The molecule has 0 aliphatic heterocycles. The predicted octanol–water partition coefficient (Wildman–Crippen LogP) is 2.70. The van der Waals surface area contributed by atoms with Gasteiger partial charge >= 0.3 is 0 Å². The number of nitriles is 1. The highest BCUT2D eigenvalue weighted by atomic mass is 31.1. The molecule has 1 unspecified atom stereocenters. The van der Waals surface area contributed by atoms with Gasteiger partial charge in [0.2, 0.25) is 0 Å². The van der Waals surface area contributed by atoms with Crippen LogP contribution in [0.25, 0.3) is 0 Å². The molecular formula is C11H23N2P. The highest BCUT2D eigenvalue weighted by Crippen LogP contribution is 2.13. The van der Waals surface area contributed by atoms with Crippen molar-refractivity contribution in [3.8, 4) is 6.07 Å². The molecule has 0 saturated carbocycles. The summed E-state index contributed by atoms with van der Waals surface area (Å²) in [4.78, 5) is 2.51. The van der Waals surface area contributed by atoms with Gasteiger partial charge in [-0.2, -0.15) is 5.26 Å². The lowest BCUT2D eigenvalue weighted by atomic mass is 10.2. The van der Waals surface area contributed by atoms with E-state index in [4.69, 9.17) is 5.26 Å². The van der Waals surface area contributed by atoms with E-state index in [1.165, 1.54) is 12.7 Å². The lowest BCUT2D eigenvalue weighted by Gasteiger charge is -2.30. The summed E-state index contributed by atoms with van der Waals surface area (Å²) in [6.07, 6.45) is 3.06. The first-order valence-electron chi connectivity index (χ1n) is 5.43. The topological polar surface area (TPSA) is 27.0 Å². The molecule has 82 valence electrons. The number of hydrogen-bond donors (Lipinski definition) is 0. The molecule has 0 radical (unpaired) electrons. The van der Waals surface area contributed by atoms with Gasteiger partial charge in [0.15, 0.2) is 0 Å². The molecule has 0 amide bonds. The number of rotatable bonds is 7. The van der Waals surface area contributed by atoms with E-state index in [1.807, 2.05) is 0 Å². The first-order chi connectivity index (χ1) is 6.59. The molecule has 0 aromatic heterocycles. The Balaban J connectivity index is 3.58. The lowest BCUT2D eigenvalue weighted by Crippen LogP contribution is -2.38. The zero-order valence-corrected chi connectivity index (χ0v) is 10.9. The van der Waals surface area contributed by atoms with Crippen molar-refractivity contribution in [1.82, 2.24) is 4.90 Å². The van der Waals surface area contributed by atoms with Gasteiger partial charge in [-0.05, 0) is 40.0 Å². The molecular weight excluding hydrogens is 191 g/mol. The van der Waals surface area contributed by atoms with Crippen LogP contribution < -0.4 is 0 Å². The van der Waals surface area contributed by atoms with Crippen molar-refractivity contribution < 1.29 is 0 Å². The Labute approximate surface area is 90.5 Å². The molecule has 0 spiro atoms. The average molecular weight is 214 g/mol. The number of nitrogens with zero attached hydrogens (tertiary/aromatic N) is 2. The molecule has 0 aromatic carbocycles. The standard InChI is InChI=1S/C11H23N2P/c1-10(2)13(11(3)4)7-9-14-8-5-6-12/h10-11,14H,5,7-9H2,1-4H3. The minimum Gasteiger partial charge on any atom is -0.298 e. The van der Waals surface area contributed by atoms with Crippen LogP contribution in [0.5, 0.6) is 0 Å². The van der Waals surface area contributed by atoms with Crippen LogP contribution in [0.4, 0.5) is 0 Å². The van der Waals surface area contributed by atoms with Crippen LogP contribution in [0.3, 0.4) is 0 Å². The van der Waals surface area contributed by atoms with E-state index < -0.39 is 0 Å². The van der Waals surface area contributed by atoms with E-state index in [2.05, 4.69) is 38.7 Å². The van der Waals surface area contributed by atoms with Gasteiger partial charge in [0.1, 0.15) is 0 Å². The molecule has 0 aromatic rings. The SMILES string of the molecule is CC(C)N(CCPCCC#N)C(C)C. The molecule has 3 heteroatoms. The van der Waals surface area contributed by atoms with Gasteiger partial charge in [-0.3, -0.25) is 4.90 Å². The van der Waals surface area contributed by atoms with Gasteiger partial charge in [-0.25, -0.2) is 0 Å². The van der Waals surface area contributed by atoms with E-state index in [-0.39, 0.29) is 0 Å². The minimum absolute atomic E-state index is 0.635. The van der Waals surface area contributed by atoms with Crippen LogP contribution in [0.2, 0.25) is 0 Å². The van der Waals surface area contributed by atoms with Crippen LogP contribution in [0, 0.1) is 11.3 Å². The Morgan fingerprint density at radius 2 is 1.71 bits per heavy atom. The summed E-state index contributed by atoms with van der Waals surface area (Å²) in [5, 5.41) is 8.40. The minimum atomic E-state index is 0.635. The van der Waals surface area contributed by atoms with Gasteiger partial charge in [-0.1, -0.05) is 0 Å². The molecule has 14 heavy (non-hydrogen) atoms. The van der Waals surface area contributed by atoms with Crippen molar-refractivity contribution >= 4 is 8.58 Å². The fourth-order valence-electron chi connectivity index (χ4n) is 1.59. The molecule has 0 saturated heterocycles. The van der Waals surface area contributed by atoms with Crippen molar-refractivity contribution in [1.29, 1.82) is 5.26 Å². The zero-order chi connectivity index (χ0) is 11.0. The number of hydrogen-bond acceptors (Lipinski definition) is 2. The molecule has 0 rings (SSSR count). The second kappa shape index (κ2) is 8.21. The Hall–Kier alpha value is -0.120. The Kier molecular flexibility index (Phi) is 8.14. The first kappa shape index (κ1) is 13.9. The highest BCUT2D eigenvalue weighted by molar-refractivity contribution is 7.38. The third-order valence-corrected chi connectivity index (χ3v) is 3.47. The molecule has 1 atom stereocenters. The normalized spacial score (nSPS) is 12.1. The highest BCUT2D eigenvalue weighted by Gasteiger charge is 2.11. The summed E-state index contributed by atoms with van der Waals surface area (Å²) < 4.78 is 0. The van der Waals surface area contributed by atoms with Crippen molar-refractivity contribution in [2.24, 2.45) is 0 Å². The van der Waals surface area contributed by atoms with E-state index >= 15 is 0 Å². The average Bonchev–Trinajstić information content (AvgIpc) is 2.09. The quantitative estimate of drug-likeness (QED) is 0.481. The second-order valence-corrected chi connectivity index (χ2v) is 5.58. The molecule has 0 heterocycles. The Morgan fingerprint density at radius 1 is 1.14 bits per heavy atom. The van der Waals surface area contributed by atoms with Crippen molar-refractivity contribution in [3.05, 3.63) is 0 Å². The zero-order valence-electron chi connectivity index (χ0n) is 9.88. The third kappa shape index (κ3) is 6.35. The summed E-state index contributed by atoms with van der Waals surface area (Å²) in [6.45, 7) is 10.2. The maximum absolute atomic E-state index is 8.40. The molecule has 2 nitrogen and oxygen atoms in total. The maximum atomic E-state index is 8.40. The van der Waals surface area contributed by atoms with Crippen LogP contribution in [-0.4, -0.2) is 35.9 Å². The summed E-state index contributed by atoms with van der Waals surface area (Å²) in [6, 6.07) is 3.46. The van der Waals surface area contributed by atoms with Crippen LogP contribution >= 0.6 is 8.58 Å². The fraction of sp³-hybridized carbons (Fsp3) is 0.909. The van der Waals surface area contributed by atoms with Gasteiger partial charge in [0.05, 0.1) is 6.07 Å². The summed E-state index contributed by atoms with van der Waals surface area (Å²) in [7, 11) is 0.953. The van der Waals surface area contributed by atoms with Crippen molar-refractivity contribution in [2.75, 3.05) is 18.9 Å². The fourth-order valence-corrected chi connectivity index (χ4v) is 2.55. The van der Waals surface area contributed by atoms with Crippen LogP contribution in [0.15, 0.2) is 0 Å². The van der Waals surface area contributed by atoms with Crippen molar-refractivity contribution in [3.63, 3.8) is 0 Å². The maximum Gasteiger partial charge on any atom is 0.0625 e.